The Morgan fingerprint density at radius 1 is 1.07 bits per heavy atom. The number of carbonyl (C=O) groups excluding carboxylic acids is 1. The van der Waals surface area contributed by atoms with E-state index >= 15 is 0 Å². The fourth-order valence-corrected chi connectivity index (χ4v) is 2.65. The molecule has 0 bridgehead atoms. The summed E-state index contributed by atoms with van der Waals surface area (Å²) in [7, 11) is 0. The molecule has 152 valence electrons. The maximum Gasteiger partial charge on any atom is 0.266 e. The summed E-state index contributed by atoms with van der Waals surface area (Å²) in [5, 5.41) is 10.4. The molecule has 7 heteroatoms. The number of nitrogens with zero attached hydrogens (tertiary/aromatic N) is 2. The average Bonchev–Trinajstić information content (AvgIpc) is 3.17. The lowest BCUT2D eigenvalue weighted by molar-refractivity contribution is -0.122. The molecule has 1 atom stereocenters. The number of nitrogens with one attached hydrogen (secondary N) is 1. The molecule has 3 aromatic rings. The Morgan fingerprint density at radius 3 is 2.48 bits per heavy atom. The summed E-state index contributed by atoms with van der Waals surface area (Å²) in [4.78, 5) is 12.6. The van der Waals surface area contributed by atoms with E-state index in [4.69, 9.17) is 14.1 Å². The summed E-state index contributed by atoms with van der Waals surface area (Å²) in [6.07, 6.45) is 0.222. The Bertz CT molecular complexity index is 966. The molecule has 1 amide bonds. The predicted molar refractivity (Wildman–Crippen MR) is 110 cm³/mol. The van der Waals surface area contributed by atoms with Crippen LogP contribution in [-0.4, -0.2) is 28.9 Å². The van der Waals surface area contributed by atoms with Gasteiger partial charge < -0.3 is 14.8 Å². The summed E-state index contributed by atoms with van der Waals surface area (Å²) < 4.78 is 16.2. The highest BCUT2D eigenvalue weighted by atomic mass is 16.6. The van der Waals surface area contributed by atoms with Gasteiger partial charge in [0, 0.05) is 5.56 Å². The number of aryl methyl sites for hydroxylation is 2. The van der Waals surface area contributed by atoms with E-state index in [-0.39, 0.29) is 11.7 Å². The van der Waals surface area contributed by atoms with E-state index in [0.717, 1.165) is 23.3 Å². The zero-order valence-corrected chi connectivity index (χ0v) is 17.1. The number of rotatable bonds is 8. The molecule has 1 aromatic heterocycles. The van der Waals surface area contributed by atoms with Gasteiger partial charge in [0.05, 0.1) is 6.61 Å². The molecule has 1 N–H and O–H groups in total. The Kier molecular flexibility index (Phi) is 6.49. The van der Waals surface area contributed by atoms with E-state index in [2.05, 4.69) is 22.6 Å². The van der Waals surface area contributed by atoms with Gasteiger partial charge in [0.15, 0.2) is 11.8 Å². The van der Waals surface area contributed by atoms with E-state index in [1.807, 2.05) is 56.3 Å². The predicted octanol–water partition coefficient (Wildman–Crippen LogP) is 4.55. The number of anilines is 1. The third-order valence-corrected chi connectivity index (χ3v) is 4.49. The number of hydrogen-bond donors (Lipinski definition) is 1. The minimum absolute atomic E-state index is 0.243. The van der Waals surface area contributed by atoms with Crippen molar-refractivity contribution in [1.29, 1.82) is 0 Å². The number of ether oxygens (including phenoxy) is 2. The van der Waals surface area contributed by atoms with E-state index in [1.165, 1.54) is 5.56 Å². The highest BCUT2D eigenvalue weighted by Gasteiger charge is 2.20. The van der Waals surface area contributed by atoms with E-state index in [9.17, 15) is 4.79 Å². The van der Waals surface area contributed by atoms with Crippen LogP contribution in [0.3, 0.4) is 0 Å². The smallest absolute Gasteiger partial charge is 0.266 e. The second-order valence-electron chi connectivity index (χ2n) is 6.83. The molecule has 1 heterocycles. The molecular weight excluding hydrogens is 370 g/mol. The molecule has 0 saturated carbocycles. The summed E-state index contributed by atoms with van der Waals surface area (Å²) in [5.74, 6) is 1.31. The standard InChI is InChI=1S/C22H25N3O4/c1-5-12-27-18-10-7-17(8-11-18)20-21(25-29-24-20)23-22(26)16(4)28-19-9-6-14(2)15(3)13-19/h6-11,13,16H,5,12H2,1-4H3,(H,23,25,26). The van der Waals surface area contributed by atoms with Gasteiger partial charge in [0.1, 0.15) is 11.5 Å². The van der Waals surface area contributed by atoms with E-state index < -0.39 is 6.10 Å². The van der Waals surface area contributed by atoms with Gasteiger partial charge >= 0.3 is 0 Å². The van der Waals surface area contributed by atoms with Crippen molar-refractivity contribution in [2.75, 3.05) is 11.9 Å². The van der Waals surface area contributed by atoms with Crippen molar-refractivity contribution in [3.05, 3.63) is 53.6 Å². The Morgan fingerprint density at radius 2 is 1.79 bits per heavy atom. The fraction of sp³-hybridized carbons (Fsp3) is 0.318. The molecule has 0 saturated heterocycles. The van der Waals surface area contributed by atoms with Gasteiger partial charge in [-0.2, -0.15) is 0 Å². The van der Waals surface area contributed by atoms with Crippen molar-refractivity contribution in [2.45, 2.75) is 40.2 Å². The average molecular weight is 395 g/mol. The monoisotopic (exact) mass is 395 g/mol. The molecule has 0 spiro atoms. The maximum atomic E-state index is 12.6. The van der Waals surface area contributed by atoms with Crippen LogP contribution in [0.2, 0.25) is 0 Å². The zero-order valence-electron chi connectivity index (χ0n) is 17.1. The summed E-state index contributed by atoms with van der Waals surface area (Å²) in [6, 6.07) is 13.1. The molecule has 3 rings (SSSR count). The lowest BCUT2D eigenvalue weighted by Gasteiger charge is -2.15. The normalized spacial score (nSPS) is 11.7. The maximum absolute atomic E-state index is 12.6. The van der Waals surface area contributed by atoms with Crippen molar-refractivity contribution < 1.29 is 18.9 Å². The number of hydrogen-bond acceptors (Lipinski definition) is 6. The molecular formula is C22H25N3O4. The van der Waals surface area contributed by atoms with Crippen molar-refractivity contribution in [1.82, 2.24) is 10.3 Å². The van der Waals surface area contributed by atoms with Crippen molar-refractivity contribution in [2.24, 2.45) is 0 Å². The molecule has 0 aliphatic heterocycles. The van der Waals surface area contributed by atoms with Crippen LogP contribution in [0.25, 0.3) is 11.3 Å². The third kappa shape index (κ3) is 5.13. The van der Waals surface area contributed by atoms with Crippen LogP contribution in [-0.2, 0) is 4.79 Å². The SMILES string of the molecule is CCCOc1ccc(-c2nonc2NC(=O)C(C)Oc2ccc(C)c(C)c2)cc1. The number of amides is 1. The topological polar surface area (TPSA) is 86.5 Å². The highest BCUT2D eigenvalue weighted by molar-refractivity contribution is 5.96. The van der Waals surface area contributed by atoms with Gasteiger partial charge in [-0.1, -0.05) is 13.0 Å². The van der Waals surface area contributed by atoms with Gasteiger partial charge in [-0.3, -0.25) is 4.79 Å². The third-order valence-electron chi connectivity index (χ3n) is 4.49. The first-order valence-corrected chi connectivity index (χ1v) is 9.58. The van der Waals surface area contributed by atoms with E-state index in [1.54, 1.807) is 6.92 Å². The molecule has 2 aromatic carbocycles. The molecule has 0 fully saturated rings. The van der Waals surface area contributed by atoms with Crippen LogP contribution in [0, 0.1) is 13.8 Å². The lowest BCUT2D eigenvalue weighted by atomic mass is 10.1. The quantitative estimate of drug-likeness (QED) is 0.602. The Labute approximate surface area is 170 Å². The molecule has 29 heavy (non-hydrogen) atoms. The molecule has 0 aliphatic rings. The second-order valence-corrected chi connectivity index (χ2v) is 6.83. The fourth-order valence-electron chi connectivity index (χ4n) is 2.65. The van der Waals surface area contributed by atoms with Crippen LogP contribution < -0.4 is 14.8 Å². The van der Waals surface area contributed by atoms with Gasteiger partial charge in [0.25, 0.3) is 5.91 Å². The van der Waals surface area contributed by atoms with Crippen LogP contribution in [0.4, 0.5) is 5.82 Å². The number of benzene rings is 2. The van der Waals surface area contributed by atoms with E-state index in [0.29, 0.717) is 18.1 Å². The Hall–Kier alpha value is -3.35. The van der Waals surface area contributed by atoms with Gasteiger partial charge in [-0.15, -0.1) is 0 Å². The summed E-state index contributed by atoms with van der Waals surface area (Å²) in [5.41, 5.74) is 3.47. The zero-order chi connectivity index (χ0) is 20.8. The van der Waals surface area contributed by atoms with Crippen LogP contribution in [0.15, 0.2) is 47.1 Å². The lowest BCUT2D eigenvalue weighted by Crippen LogP contribution is -2.30. The van der Waals surface area contributed by atoms with Crippen LogP contribution >= 0.6 is 0 Å². The first kappa shape index (κ1) is 20.4. The van der Waals surface area contributed by atoms with Gasteiger partial charge in [-0.25, -0.2) is 4.63 Å². The molecule has 0 aliphatic carbocycles. The second kappa shape index (κ2) is 9.23. The van der Waals surface area contributed by atoms with Gasteiger partial charge in [-0.05, 0) is 85.0 Å². The number of aromatic nitrogens is 2. The minimum atomic E-state index is -0.716. The molecule has 1 unspecified atom stereocenters. The summed E-state index contributed by atoms with van der Waals surface area (Å²) in [6.45, 7) is 8.41. The van der Waals surface area contributed by atoms with Gasteiger partial charge in [0.2, 0.25) is 5.82 Å². The highest BCUT2D eigenvalue weighted by Crippen LogP contribution is 2.27. The van der Waals surface area contributed by atoms with Crippen molar-refractivity contribution >= 4 is 11.7 Å². The first-order valence-electron chi connectivity index (χ1n) is 9.58. The molecule has 7 nitrogen and oxygen atoms in total. The van der Waals surface area contributed by atoms with Crippen molar-refractivity contribution in [3.8, 4) is 22.8 Å². The largest absolute Gasteiger partial charge is 0.494 e. The number of carbonyl (C=O) groups is 1. The Balaban J connectivity index is 1.67. The van der Waals surface area contributed by atoms with Crippen molar-refractivity contribution in [3.63, 3.8) is 0 Å². The minimum Gasteiger partial charge on any atom is -0.494 e. The van der Waals surface area contributed by atoms with Crippen LogP contribution in [0.5, 0.6) is 11.5 Å². The summed E-state index contributed by atoms with van der Waals surface area (Å²) >= 11 is 0. The first-order chi connectivity index (χ1) is 14.0. The molecule has 0 radical (unpaired) electrons. The van der Waals surface area contributed by atoms with Crippen LogP contribution in [0.1, 0.15) is 31.4 Å².